The van der Waals surface area contributed by atoms with Crippen LogP contribution in [-0.2, 0) is 9.59 Å². The van der Waals surface area contributed by atoms with Crippen LogP contribution in [0.4, 0.5) is 0 Å². The Hall–Kier alpha value is -1.06. The van der Waals surface area contributed by atoms with Gasteiger partial charge in [0.1, 0.15) is 6.04 Å². The fourth-order valence-corrected chi connectivity index (χ4v) is 0.827. The molecule has 1 rings (SSSR count). The minimum absolute atomic E-state index is 0.0844. The maximum absolute atomic E-state index is 10.4. The molecule has 11 heavy (non-hydrogen) atoms. The summed E-state index contributed by atoms with van der Waals surface area (Å²) in [4.78, 5) is 20.8. The van der Waals surface area contributed by atoms with E-state index in [1.807, 2.05) is 13.8 Å². The van der Waals surface area contributed by atoms with Crippen LogP contribution in [-0.4, -0.2) is 17.9 Å². The Labute approximate surface area is 66.1 Å². The molecule has 1 saturated heterocycles. The molecule has 1 atom stereocenters. The van der Waals surface area contributed by atoms with Gasteiger partial charge in [0, 0.05) is 6.42 Å². The van der Waals surface area contributed by atoms with Crippen molar-refractivity contribution in [1.29, 1.82) is 0 Å². The van der Waals surface area contributed by atoms with Gasteiger partial charge in [0.25, 0.3) is 0 Å². The second-order valence-corrected chi connectivity index (χ2v) is 2.06. The number of carbonyl (C=O) groups is 2. The van der Waals surface area contributed by atoms with Gasteiger partial charge in [-0.15, -0.1) is 0 Å². The third-order valence-electron chi connectivity index (χ3n) is 1.34. The molecule has 0 aliphatic carbocycles. The van der Waals surface area contributed by atoms with Gasteiger partial charge in [-0.05, 0) is 6.42 Å². The van der Waals surface area contributed by atoms with Crippen LogP contribution in [0, 0.1) is 0 Å². The molecule has 0 aromatic rings. The number of carbonyl (C=O) groups excluding carboxylic acids is 2. The van der Waals surface area contributed by atoms with Gasteiger partial charge in [0.05, 0.1) is 0 Å². The Bertz CT molecular complexity index is 157. The molecule has 4 nitrogen and oxygen atoms in total. The number of nitrogens with one attached hydrogen (secondary N) is 1. The monoisotopic (exact) mass is 158 g/mol. The molecule has 3 N–H and O–H groups in total. The maximum atomic E-state index is 10.4. The molecule has 1 fully saturated rings. The minimum Gasteiger partial charge on any atom is -0.368 e. The van der Waals surface area contributed by atoms with Crippen LogP contribution < -0.4 is 11.1 Å². The molecule has 1 aliphatic heterocycles. The van der Waals surface area contributed by atoms with Gasteiger partial charge in [-0.25, -0.2) is 0 Å². The van der Waals surface area contributed by atoms with E-state index < -0.39 is 11.9 Å². The average Bonchev–Trinajstić information content (AvgIpc) is 2.40. The van der Waals surface area contributed by atoms with Gasteiger partial charge in [-0.1, -0.05) is 13.8 Å². The topological polar surface area (TPSA) is 72.2 Å². The van der Waals surface area contributed by atoms with Gasteiger partial charge in [-0.3, -0.25) is 9.59 Å². The van der Waals surface area contributed by atoms with Crippen molar-refractivity contribution in [3.05, 3.63) is 0 Å². The van der Waals surface area contributed by atoms with Gasteiger partial charge < -0.3 is 11.1 Å². The average molecular weight is 158 g/mol. The Morgan fingerprint density at radius 1 is 1.64 bits per heavy atom. The van der Waals surface area contributed by atoms with E-state index in [9.17, 15) is 9.59 Å². The first-order valence-electron chi connectivity index (χ1n) is 3.79. The summed E-state index contributed by atoms with van der Waals surface area (Å²) in [6, 6.07) is -0.419. The lowest BCUT2D eigenvalue weighted by molar-refractivity contribution is -0.123. The Morgan fingerprint density at radius 3 is 2.36 bits per heavy atom. The highest BCUT2D eigenvalue weighted by molar-refractivity contribution is 5.89. The zero-order valence-corrected chi connectivity index (χ0v) is 6.89. The highest BCUT2D eigenvalue weighted by Gasteiger charge is 2.24. The van der Waals surface area contributed by atoms with Crippen molar-refractivity contribution >= 4 is 11.8 Å². The molecule has 4 heteroatoms. The van der Waals surface area contributed by atoms with Crippen LogP contribution in [0.2, 0.25) is 0 Å². The van der Waals surface area contributed by atoms with Crippen LogP contribution in [0.1, 0.15) is 26.7 Å². The molecule has 0 bridgehead atoms. The largest absolute Gasteiger partial charge is 0.368 e. The number of hydrogen-bond donors (Lipinski definition) is 2. The Morgan fingerprint density at radius 2 is 2.18 bits per heavy atom. The van der Waals surface area contributed by atoms with Gasteiger partial charge in [0.2, 0.25) is 11.8 Å². The standard InChI is InChI=1S/C5H8N2O2.C2H6/c6-5(9)3-1-2-4(8)7-3;1-2/h3H,1-2H2,(H2,6,9)(H,7,8);1-2H3. The maximum Gasteiger partial charge on any atom is 0.240 e. The first-order chi connectivity index (χ1) is 5.20. The molecule has 1 aliphatic rings. The van der Waals surface area contributed by atoms with Crippen molar-refractivity contribution in [2.24, 2.45) is 5.73 Å². The first kappa shape index (κ1) is 9.94. The quantitative estimate of drug-likeness (QED) is 0.553. The third kappa shape index (κ3) is 3.02. The van der Waals surface area contributed by atoms with Gasteiger partial charge >= 0.3 is 0 Å². The molecule has 2 amide bonds. The molecule has 64 valence electrons. The summed E-state index contributed by atoms with van der Waals surface area (Å²) in [5, 5.41) is 2.44. The fraction of sp³-hybridized carbons (Fsp3) is 0.714. The lowest BCUT2D eigenvalue weighted by Crippen LogP contribution is -2.37. The number of rotatable bonds is 1. The molecule has 0 aromatic heterocycles. The third-order valence-corrected chi connectivity index (χ3v) is 1.34. The van der Waals surface area contributed by atoms with Crippen LogP contribution in [0.5, 0.6) is 0 Å². The Kier molecular flexibility index (Phi) is 4.26. The molecule has 0 spiro atoms. The first-order valence-corrected chi connectivity index (χ1v) is 3.79. The number of primary amides is 1. The molecule has 0 saturated carbocycles. The lowest BCUT2D eigenvalue weighted by atomic mass is 10.2. The summed E-state index contributed by atoms with van der Waals surface area (Å²) in [5.74, 6) is -0.528. The van der Waals surface area contributed by atoms with E-state index in [0.717, 1.165) is 0 Å². The van der Waals surface area contributed by atoms with E-state index in [-0.39, 0.29) is 5.91 Å². The number of amides is 2. The zero-order chi connectivity index (χ0) is 8.85. The van der Waals surface area contributed by atoms with Crippen LogP contribution >= 0.6 is 0 Å². The minimum atomic E-state index is -0.444. The predicted molar refractivity (Wildman–Crippen MR) is 41.7 cm³/mol. The highest BCUT2D eigenvalue weighted by Crippen LogP contribution is 2.04. The van der Waals surface area contributed by atoms with E-state index >= 15 is 0 Å². The fourth-order valence-electron chi connectivity index (χ4n) is 0.827. The number of nitrogens with two attached hydrogens (primary N) is 1. The second kappa shape index (κ2) is 4.71. The SMILES string of the molecule is CC.NC(=O)C1CCC(=O)N1. The molecule has 0 radical (unpaired) electrons. The van der Waals surface area contributed by atoms with E-state index in [1.165, 1.54) is 0 Å². The summed E-state index contributed by atoms with van der Waals surface area (Å²) in [6.45, 7) is 4.00. The van der Waals surface area contributed by atoms with Gasteiger partial charge in [-0.2, -0.15) is 0 Å². The zero-order valence-electron chi connectivity index (χ0n) is 6.89. The molecule has 0 aromatic carbocycles. The van der Waals surface area contributed by atoms with Crippen LogP contribution in [0.3, 0.4) is 0 Å². The summed E-state index contributed by atoms with van der Waals surface area (Å²) in [7, 11) is 0. The normalized spacial score (nSPS) is 21.6. The predicted octanol–water partition coefficient (Wildman–Crippen LogP) is -0.223. The summed E-state index contributed by atoms with van der Waals surface area (Å²) < 4.78 is 0. The summed E-state index contributed by atoms with van der Waals surface area (Å²) in [5.41, 5.74) is 4.91. The van der Waals surface area contributed by atoms with Crippen molar-refractivity contribution in [1.82, 2.24) is 5.32 Å². The summed E-state index contributed by atoms with van der Waals surface area (Å²) in [6.07, 6.45) is 0.974. The molecular formula is C7H14N2O2. The second-order valence-electron chi connectivity index (χ2n) is 2.06. The van der Waals surface area contributed by atoms with Crippen LogP contribution in [0.15, 0.2) is 0 Å². The molecular weight excluding hydrogens is 144 g/mol. The van der Waals surface area contributed by atoms with E-state index in [1.54, 1.807) is 0 Å². The van der Waals surface area contributed by atoms with Crippen molar-refractivity contribution in [2.45, 2.75) is 32.7 Å². The van der Waals surface area contributed by atoms with E-state index in [4.69, 9.17) is 5.73 Å². The molecule has 1 unspecified atom stereocenters. The van der Waals surface area contributed by atoms with Crippen LogP contribution in [0.25, 0.3) is 0 Å². The van der Waals surface area contributed by atoms with Crippen molar-refractivity contribution in [3.8, 4) is 0 Å². The lowest BCUT2D eigenvalue weighted by Gasteiger charge is -2.01. The smallest absolute Gasteiger partial charge is 0.240 e. The van der Waals surface area contributed by atoms with Gasteiger partial charge in [0.15, 0.2) is 0 Å². The van der Waals surface area contributed by atoms with Crippen molar-refractivity contribution < 1.29 is 9.59 Å². The van der Waals surface area contributed by atoms with Crippen molar-refractivity contribution in [3.63, 3.8) is 0 Å². The highest BCUT2D eigenvalue weighted by atomic mass is 16.2. The number of hydrogen-bond acceptors (Lipinski definition) is 2. The van der Waals surface area contributed by atoms with Crippen molar-refractivity contribution in [2.75, 3.05) is 0 Å². The summed E-state index contributed by atoms with van der Waals surface area (Å²) >= 11 is 0. The Balaban J connectivity index is 0.000000461. The van der Waals surface area contributed by atoms with E-state index in [2.05, 4.69) is 5.32 Å². The molecule has 1 heterocycles. The van der Waals surface area contributed by atoms with E-state index in [0.29, 0.717) is 12.8 Å².